The van der Waals surface area contributed by atoms with E-state index in [0.717, 1.165) is 55.9 Å². The van der Waals surface area contributed by atoms with Crippen LogP contribution in [-0.4, -0.2) is 28.8 Å². The number of unbranched alkanes of at least 4 members (excludes halogenated alkanes) is 4. The van der Waals surface area contributed by atoms with Crippen molar-refractivity contribution in [2.75, 3.05) is 0 Å². The van der Waals surface area contributed by atoms with Crippen molar-refractivity contribution in [3.8, 4) is 0 Å². The quantitative estimate of drug-likeness (QED) is 0.173. The Morgan fingerprint density at radius 3 is 1.79 bits per heavy atom. The number of benzene rings is 2. The minimum atomic E-state index is -1.07. The summed E-state index contributed by atoms with van der Waals surface area (Å²) in [6.45, 7) is 6.38. The number of carbonyl (C=O) groups is 3. The Bertz CT molecular complexity index is 1220. The summed E-state index contributed by atoms with van der Waals surface area (Å²) in [5, 5.41) is 14.4. The third-order valence-electron chi connectivity index (χ3n) is 10.2. The maximum atomic E-state index is 13.7. The van der Waals surface area contributed by atoms with E-state index in [1.165, 1.54) is 70.3 Å². The van der Waals surface area contributed by atoms with Crippen LogP contribution in [-0.2, 0) is 0 Å². The predicted molar refractivity (Wildman–Crippen MR) is 172 cm³/mol. The molecule has 5 heteroatoms. The summed E-state index contributed by atoms with van der Waals surface area (Å²) in [6.07, 6.45) is 19.4. The maximum absolute atomic E-state index is 13.7. The largest absolute Gasteiger partial charge is 0.478 e. The van der Waals surface area contributed by atoms with E-state index in [9.17, 15) is 19.5 Å². The van der Waals surface area contributed by atoms with Gasteiger partial charge in [0.05, 0.1) is 5.56 Å². The summed E-state index contributed by atoms with van der Waals surface area (Å²) in [5.41, 5.74) is 1.84. The molecule has 0 unspecified atom stereocenters. The smallest absolute Gasteiger partial charge is 0.336 e. The molecule has 2 N–H and O–H groups in total. The molecular formula is C37H53NO4. The SMILES string of the molecule is CCCCCC1CCC(CC(=O)c2ccc(C)c3c(C(=O)NC4CCC(CCCCC)CC4)ccc(C(=O)O)c23)CC1. The molecule has 2 aliphatic carbocycles. The van der Waals surface area contributed by atoms with E-state index in [1.54, 1.807) is 12.1 Å². The van der Waals surface area contributed by atoms with E-state index in [2.05, 4.69) is 19.2 Å². The molecule has 230 valence electrons. The van der Waals surface area contributed by atoms with E-state index in [-0.39, 0.29) is 23.3 Å². The van der Waals surface area contributed by atoms with Crippen molar-refractivity contribution in [2.45, 2.75) is 136 Å². The van der Waals surface area contributed by atoms with Crippen molar-refractivity contribution in [1.29, 1.82) is 0 Å². The molecule has 2 aromatic rings. The zero-order chi connectivity index (χ0) is 30.1. The number of hydrogen-bond acceptors (Lipinski definition) is 3. The normalized spacial score (nSPS) is 22.6. The van der Waals surface area contributed by atoms with Gasteiger partial charge in [0.15, 0.2) is 5.78 Å². The van der Waals surface area contributed by atoms with Gasteiger partial charge in [0, 0.05) is 29.0 Å². The van der Waals surface area contributed by atoms with E-state index in [1.807, 2.05) is 13.0 Å². The summed E-state index contributed by atoms with van der Waals surface area (Å²) in [5.74, 6) is 0.635. The molecule has 0 spiro atoms. The summed E-state index contributed by atoms with van der Waals surface area (Å²) in [4.78, 5) is 39.7. The first kappa shape index (κ1) is 32.2. The Labute approximate surface area is 253 Å². The second-order valence-electron chi connectivity index (χ2n) is 13.3. The molecule has 4 rings (SSSR count). The lowest BCUT2D eigenvalue weighted by atomic mass is 9.77. The van der Waals surface area contributed by atoms with Gasteiger partial charge in [-0.15, -0.1) is 0 Å². The minimum Gasteiger partial charge on any atom is -0.478 e. The molecule has 0 bridgehead atoms. The molecule has 1 amide bonds. The van der Waals surface area contributed by atoms with Crippen molar-refractivity contribution >= 4 is 28.4 Å². The Kier molecular flexibility index (Phi) is 12.0. The van der Waals surface area contributed by atoms with Crippen LogP contribution in [0.5, 0.6) is 0 Å². The lowest BCUT2D eigenvalue weighted by molar-refractivity contribution is 0.0698. The van der Waals surface area contributed by atoms with Gasteiger partial charge >= 0.3 is 5.97 Å². The minimum absolute atomic E-state index is 0.00381. The molecule has 0 aliphatic heterocycles. The van der Waals surface area contributed by atoms with Gasteiger partial charge in [-0.05, 0) is 86.3 Å². The van der Waals surface area contributed by atoms with Gasteiger partial charge in [-0.3, -0.25) is 9.59 Å². The lowest BCUT2D eigenvalue weighted by Gasteiger charge is -2.29. The van der Waals surface area contributed by atoms with Gasteiger partial charge in [-0.1, -0.05) is 90.2 Å². The molecule has 0 radical (unpaired) electrons. The van der Waals surface area contributed by atoms with Crippen LogP contribution in [0.3, 0.4) is 0 Å². The van der Waals surface area contributed by atoms with Crippen LogP contribution in [0.15, 0.2) is 24.3 Å². The molecule has 0 heterocycles. The number of aryl methyl sites for hydroxylation is 1. The van der Waals surface area contributed by atoms with Gasteiger partial charge in [0.25, 0.3) is 5.91 Å². The summed E-state index contributed by atoms with van der Waals surface area (Å²) < 4.78 is 0. The number of ketones is 1. The molecule has 2 aromatic carbocycles. The number of Topliss-reactive ketones (excluding diaryl/α,β-unsaturated/α-hetero) is 1. The van der Waals surface area contributed by atoms with Crippen LogP contribution in [0.2, 0.25) is 0 Å². The summed E-state index contributed by atoms with van der Waals surface area (Å²) in [6, 6.07) is 6.95. The third-order valence-corrected chi connectivity index (χ3v) is 10.2. The molecule has 2 saturated carbocycles. The van der Waals surface area contributed by atoms with Crippen molar-refractivity contribution in [3.63, 3.8) is 0 Å². The highest BCUT2D eigenvalue weighted by molar-refractivity contribution is 6.20. The molecule has 0 saturated heterocycles. The number of amides is 1. The highest BCUT2D eigenvalue weighted by Gasteiger charge is 2.28. The van der Waals surface area contributed by atoms with Crippen molar-refractivity contribution < 1.29 is 19.5 Å². The standard InChI is InChI=1S/C37H53NO4/c1-4-6-8-10-26-13-15-28(16-14-26)24-33(39)30-21-12-25(3)34-31(22-23-32(35(30)34)37(41)42)36(40)38-29-19-17-27(18-20-29)11-9-7-5-2/h12,21-23,26-29H,4-11,13-20,24H2,1-3H3,(H,38,40)(H,41,42). The van der Waals surface area contributed by atoms with Crippen molar-refractivity contribution in [3.05, 3.63) is 46.5 Å². The number of hydrogen-bond donors (Lipinski definition) is 2. The van der Waals surface area contributed by atoms with Crippen LogP contribution in [0, 0.1) is 24.7 Å². The third kappa shape index (κ3) is 8.23. The lowest BCUT2D eigenvalue weighted by Crippen LogP contribution is -2.37. The molecular weight excluding hydrogens is 522 g/mol. The van der Waals surface area contributed by atoms with Crippen molar-refractivity contribution in [2.24, 2.45) is 17.8 Å². The number of carboxylic acid groups (broad SMARTS) is 1. The number of carbonyl (C=O) groups excluding carboxylic acids is 2. The first-order valence-electron chi connectivity index (χ1n) is 17.0. The Morgan fingerprint density at radius 2 is 1.21 bits per heavy atom. The number of aromatic carboxylic acids is 1. The average molecular weight is 576 g/mol. The van der Waals surface area contributed by atoms with Crippen molar-refractivity contribution in [1.82, 2.24) is 5.32 Å². The molecule has 2 aliphatic rings. The average Bonchev–Trinajstić information content (AvgIpc) is 2.98. The maximum Gasteiger partial charge on any atom is 0.336 e. The Hall–Kier alpha value is -2.69. The topological polar surface area (TPSA) is 83.5 Å². The Morgan fingerprint density at radius 1 is 0.690 bits per heavy atom. The fourth-order valence-corrected chi connectivity index (χ4v) is 7.59. The number of carboxylic acids is 1. The van der Waals surface area contributed by atoms with Crippen LogP contribution >= 0.6 is 0 Å². The fraction of sp³-hybridized carbons (Fsp3) is 0.649. The monoisotopic (exact) mass is 575 g/mol. The van der Waals surface area contributed by atoms with Gasteiger partial charge in [0.2, 0.25) is 0 Å². The van der Waals surface area contributed by atoms with Crippen LogP contribution in [0.1, 0.15) is 160 Å². The Balaban J connectivity index is 1.49. The van der Waals surface area contributed by atoms with Crippen LogP contribution < -0.4 is 5.32 Å². The first-order chi connectivity index (χ1) is 20.3. The molecule has 42 heavy (non-hydrogen) atoms. The number of fused-ring (bicyclic) bond motifs is 1. The van der Waals surface area contributed by atoms with E-state index in [4.69, 9.17) is 0 Å². The van der Waals surface area contributed by atoms with Gasteiger partial charge in [0.1, 0.15) is 0 Å². The first-order valence-corrected chi connectivity index (χ1v) is 17.0. The van der Waals surface area contributed by atoms with Gasteiger partial charge < -0.3 is 10.4 Å². The highest BCUT2D eigenvalue weighted by Crippen LogP contribution is 2.36. The van der Waals surface area contributed by atoms with E-state index in [0.29, 0.717) is 34.2 Å². The van der Waals surface area contributed by atoms with Crippen LogP contribution in [0.25, 0.3) is 10.8 Å². The number of nitrogens with one attached hydrogen (secondary N) is 1. The van der Waals surface area contributed by atoms with E-state index < -0.39 is 5.97 Å². The highest BCUT2D eigenvalue weighted by atomic mass is 16.4. The molecule has 0 aromatic heterocycles. The second kappa shape index (κ2) is 15.7. The van der Waals surface area contributed by atoms with Crippen LogP contribution in [0.4, 0.5) is 0 Å². The molecule has 2 fully saturated rings. The second-order valence-corrected chi connectivity index (χ2v) is 13.3. The van der Waals surface area contributed by atoms with Gasteiger partial charge in [-0.2, -0.15) is 0 Å². The fourth-order valence-electron chi connectivity index (χ4n) is 7.59. The van der Waals surface area contributed by atoms with Gasteiger partial charge in [-0.25, -0.2) is 4.79 Å². The summed E-state index contributed by atoms with van der Waals surface area (Å²) >= 11 is 0. The molecule has 5 nitrogen and oxygen atoms in total. The zero-order valence-electron chi connectivity index (χ0n) is 26.3. The predicted octanol–water partition coefficient (Wildman–Crippen LogP) is 9.67. The zero-order valence-corrected chi connectivity index (χ0v) is 26.3. The van der Waals surface area contributed by atoms with E-state index >= 15 is 0 Å². The summed E-state index contributed by atoms with van der Waals surface area (Å²) in [7, 11) is 0. The molecule has 0 atom stereocenters. The number of rotatable bonds is 14.